The number of nitrogens with two attached hydrogens (primary N) is 2. The third-order valence-electron chi connectivity index (χ3n) is 4.50. The fourth-order valence-electron chi connectivity index (χ4n) is 2.73. The maximum atomic E-state index is 13.0. The van der Waals surface area contributed by atoms with Crippen molar-refractivity contribution < 1.29 is 29.4 Å². The highest BCUT2D eigenvalue weighted by Gasteiger charge is 2.43. The van der Waals surface area contributed by atoms with Crippen molar-refractivity contribution in [2.45, 2.75) is 37.2 Å². The van der Waals surface area contributed by atoms with Crippen LogP contribution in [-0.2, 0) is 19.2 Å². The van der Waals surface area contributed by atoms with Gasteiger partial charge >= 0.3 is 0 Å². The van der Waals surface area contributed by atoms with E-state index < -0.39 is 60.5 Å². The summed E-state index contributed by atoms with van der Waals surface area (Å²) < 4.78 is 0. The van der Waals surface area contributed by atoms with Gasteiger partial charge in [0.15, 0.2) is 0 Å². The predicted molar refractivity (Wildman–Crippen MR) is 104 cm³/mol. The van der Waals surface area contributed by atoms with Gasteiger partial charge in [-0.3, -0.25) is 24.5 Å². The second-order valence-electron chi connectivity index (χ2n) is 6.56. The van der Waals surface area contributed by atoms with Crippen LogP contribution in [-0.4, -0.2) is 104 Å². The predicted octanol–water partition coefficient (Wildman–Crippen LogP) is -3.54. The second-order valence-corrected chi connectivity index (χ2v) is 8.56. The lowest BCUT2D eigenvalue weighted by Crippen LogP contribution is -2.58. The molecule has 0 spiro atoms. The molecule has 0 radical (unpaired) electrons. The third-order valence-corrected chi connectivity index (χ3v) is 6.53. The van der Waals surface area contributed by atoms with Gasteiger partial charge in [-0.2, -0.15) is 0 Å². The Morgan fingerprint density at radius 1 is 1.11 bits per heavy atom. The van der Waals surface area contributed by atoms with Crippen molar-refractivity contribution in [3.63, 3.8) is 0 Å². The fourth-order valence-corrected chi connectivity index (χ4v) is 5.05. The van der Waals surface area contributed by atoms with Crippen molar-refractivity contribution in [2.24, 2.45) is 11.5 Å². The van der Waals surface area contributed by atoms with Crippen LogP contribution in [0.15, 0.2) is 0 Å². The Balaban J connectivity index is 2.06. The fraction of sp³-hybridized carbons (Fsp3) is 0.733. The smallest absolute Gasteiger partial charge is 0.250 e. The summed E-state index contributed by atoms with van der Waals surface area (Å²) in [6.45, 7) is 0.799. The quantitative estimate of drug-likeness (QED) is 0.280. The van der Waals surface area contributed by atoms with Gasteiger partial charge in [-0.05, 0) is 6.92 Å². The largest absolute Gasteiger partial charge is 0.394 e. The zero-order valence-corrected chi connectivity index (χ0v) is 16.9. The number of hydrogen-bond acceptors (Lipinski definition) is 10. The number of amides is 4. The number of hydrogen-bond donors (Lipinski definition) is 5. The molecule has 2 fully saturated rings. The molecule has 2 rings (SSSR count). The Kier molecular flexibility index (Phi) is 8.09. The lowest BCUT2D eigenvalue weighted by molar-refractivity contribution is -0.147. The molecule has 0 bridgehead atoms. The molecule has 0 aromatic rings. The van der Waals surface area contributed by atoms with Crippen LogP contribution in [0.25, 0.3) is 0 Å². The molecule has 4 amide bonds. The first-order valence-corrected chi connectivity index (χ1v) is 10.9. The number of aliphatic hydroxyl groups is 2. The summed E-state index contributed by atoms with van der Waals surface area (Å²) in [4.78, 5) is 52.3. The molecule has 0 aromatic carbocycles. The van der Waals surface area contributed by atoms with Crippen molar-refractivity contribution >= 4 is 47.2 Å². The lowest BCUT2D eigenvalue weighted by Gasteiger charge is -2.30. The van der Waals surface area contributed by atoms with Gasteiger partial charge in [0.05, 0.1) is 24.5 Å². The van der Waals surface area contributed by atoms with E-state index in [2.05, 4.69) is 5.32 Å². The Morgan fingerprint density at radius 2 is 1.68 bits per heavy atom. The molecule has 28 heavy (non-hydrogen) atoms. The van der Waals surface area contributed by atoms with Crippen LogP contribution in [0.5, 0.6) is 0 Å². The topological polar surface area (TPSA) is 179 Å². The Labute approximate surface area is 170 Å². The first kappa shape index (κ1) is 22.9. The zero-order valence-electron chi connectivity index (χ0n) is 15.3. The van der Waals surface area contributed by atoms with E-state index in [0.717, 1.165) is 0 Å². The van der Waals surface area contributed by atoms with Gasteiger partial charge in [0.2, 0.25) is 23.6 Å². The molecule has 158 valence electrons. The van der Waals surface area contributed by atoms with Crippen LogP contribution < -0.4 is 16.8 Å². The van der Waals surface area contributed by atoms with Gasteiger partial charge in [0.1, 0.15) is 24.2 Å². The summed E-state index contributed by atoms with van der Waals surface area (Å²) in [5, 5.41) is 20.6. The molecule has 0 aliphatic carbocycles. The van der Waals surface area contributed by atoms with E-state index in [1.807, 2.05) is 0 Å². The maximum absolute atomic E-state index is 13.0. The summed E-state index contributed by atoms with van der Waals surface area (Å²) >= 11 is 2.72. The Hall–Kier alpha value is -1.38. The van der Waals surface area contributed by atoms with Crippen LogP contribution in [0.1, 0.15) is 6.92 Å². The standard InChI is InChI=1S/C15H25N5O6S2/c1-7(22)11(17)13(24)18-12(23)9-3-27-5-19(9)15(26)10-4-28-6-20(10)14(25)8(16)2-21/h7-11,21-22H,2-6,16-17H2,1H3,(H,18,23,24)/t7-,8+,9+,10+,11+/m1/s1. The van der Waals surface area contributed by atoms with Gasteiger partial charge < -0.3 is 31.5 Å². The highest BCUT2D eigenvalue weighted by atomic mass is 32.2. The van der Waals surface area contributed by atoms with E-state index in [1.165, 1.54) is 40.2 Å². The summed E-state index contributed by atoms with van der Waals surface area (Å²) in [7, 11) is 0. The molecule has 11 nitrogen and oxygen atoms in total. The highest BCUT2D eigenvalue weighted by molar-refractivity contribution is 7.99. The third kappa shape index (κ3) is 4.96. The summed E-state index contributed by atoms with van der Waals surface area (Å²) in [5.74, 6) is -1.31. The van der Waals surface area contributed by atoms with Crippen LogP contribution >= 0.6 is 23.5 Å². The molecule has 2 aliphatic rings. The number of aliphatic hydroxyl groups excluding tert-OH is 2. The Morgan fingerprint density at radius 3 is 2.25 bits per heavy atom. The average molecular weight is 436 g/mol. The molecule has 2 heterocycles. The van der Waals surface area contributed by atoms with Crippen molar-refractivity contribution in [2.75, 3.05) is 29.9 Å². The molecular formula is C15H25N5O6S2. The molecule has 5 atom stereocenters. The number of carbonyl (C=O) groups excluding carboxylic acids is 4. The SMILES string of the molecule is C[C@@H](O)[C@H](N)C(=O)NC(=O)[C@@H]1CSCN1C(=O)[C@@H]1CSCN1C(=O)[C@@H](N)CO. The number of carbonyl (C=O) groups is 4. The molecule has 7 N–H and O–H groups in total. The van der Waals surface area contributed by atoms with Crippen LogP contribution in [0, 0.1) is 0 Å². The second kappa shape index (κ2) is 9.89. The molecule has 0 aromatic heterocycles. The average Bonchev–Trinajstić information content (AvgIpc) is 3.34. The van der Waals surface area contributed by atoms with Gasteiger partial charge in [-0.1, -0.05) is 0 Å². The van der Waals surface area contributed by atoms with Gasteiger partial charge in [0.25, 0.3) is 0 Å². The maximum Gasteiger partial charge on any atom is 0.250 e. The lowest BCUT2D eigenvalue weighted by atomic mass is 10.1. The number of nitrogens with zero attached hydrogens (tertiary/aromatic N) is 2. The van der Waals surface area contributed by atoms with Crippen molar-refractivity contribution in [1.82, 2.24) is 15.1 Å². The number of thioether (sulfide) groups is 2. The van der Waals surface area contributed by atoms with Crippen molar-refractivity contribution in [3.8, 4) is 0 Å². The number of nitrogens with one attached hydrogen (secondary N) is 1. The van der Waals surface area contributed by atoms with E-state index in [-0.39, 0.29) is 11.8 Å². The van der Waals surface area contributed by atoms with E-state index in [1.54, 1.807) is 0 Å². The monoisotopic (exact) mass is 435 g/mol. The molecule has 2 saturated heterocycles. The number of rotatable bonds is 6. The van der Waals surface area contributed by atoms with Crippen LogP contribution in [0.3, 0.4) is 0 Å². The van der Waals surface area contributed by atoms with Gasteiger partial charge in [-0.25, -0.2) is 0 Å². The van der Waals surface area contributed by atoms with E-state index in [4.69, 9.17) is 16.6 Å². The molecular weight excluding hydrogens is 410 g/mol. The molecule has 0 unspecified atom stereocenters. The summed E-state index contributed by atoms with van der Waals surface area (Å²) in [6.07, 6.45) is -1.13. The van der Waals surface area contributed by atoms with Crippen molar-refractivity contribution in [1.29, 1.82) is 0 Å². The molecule has 2 aliphatic heterocycles. The van der Waals surface area contributed by atoms with E-state index in [9.17, 15) is 24.3 Å². The van der Waals surface area contributed by atoms with Gasteiger partial charge in [0, 0.05) is 11.5 Å². The van der Waals surface area contributed by atoms with E-state index in [0.29, 0.717) is 11.5 Å². The van der Waals surface area contributed by atoms with Gasteiger partial charge in [-0.15, -0.1) is 23.5 Å². The highest BCUT2D eigenvalue weighted by Crippen LogP contribution is 2.28. The number of imide groups is 1. The molecule has 13 heteroatoms. The zero-order chi connectivity index (χ0) is 21.0. The Bertz CT molecular complexity index is 636. The van der Waals surface area contributed by atoms with Crippen LogP contribution in [0.2, 0.25) is 0 Å². The first-order valence-electron chi connectivity index (χ1n) is 8.60. The normalized spacial score (nSPS) is 25.3. The van der Waals surface area contributed by atoms with E-state index >= 15 is 0 Å². The minimum atomic E-state index is -1.26. The van der Waals surface area contributed by atoms with Crippen molar-refractivity contribution in [3.05, 3.63) is 0 Å². The summed E-state index contributed by atoms with van der Waals surface area (Å²) in [6, 6.07) is -4.06. The van der Waals surface area contributed by atoms with Crippen LogP contribution in [0.4, 0.5) is 0 Å². The first-order chi connectivity index (χ1) is 13.2. The summed E-state index contributed by atoms with van der Waals surface area (Å²) in [5.41, 5.74) is 11.1. The minimum absolute atomic E-state index is 0.239. The minimum Gasteiger partial charge on any atom is -0.394 e. The molecule has 0 saturated carbocycles.